The van der Waals surface area contributed by atoms with E-state index in [4.69, 9.17) is 21.6 Å². The maximum atomic E-state index is 12.1. The number of carbonyl (C=O) groups is 1. The zero-order chi connectivity index (χ0) is 17.4. The zero-order valence-electron chi connectivity index (χ0n) is 14.0. The lowest BCUT2D eigenvalue weighted by Gasteiger charge is -2.28. The van der Waals surface area contributed by atoms with E-state index in [1.54, 1.807) is 25.3 Å². The van der Waals surface area contributed by atoms with Gasteiger partial charge in [0.1, 0.15) is 6.61 Å². The van der Waals surface area contributed by atoms with Crippen molar-refractivity contribution < 1.29 is 14.3 Å². The first-order chi connectivity index (χ1) is 11.6. The number of carbonyl (C=O) groups excluding carboxylic acids is 1. The number of amides is 1. The van der Waals surface area contributed by atoms with Crippen LogP contribution < -0.4 is 20.5 Å². The predicted octanol–water partition coefficient (Wildman–Crippen LogP) is 2.11. The van der Waals surface area contributed by atoms with E-state index >= 15 is 0 Å². The number of benzene rings is 1. The molecular formula is C19H24N2O3. The Labute approximate surface area is 143 Å². The minimum Gasteiger partial charge on any atom is -0.493 e. The molecule has 1 aliphatic rings. The van der Waals surface area contributed by atoms with Crippen LogP contribution >= 0.6 is 0 Å². The summed E-state index contributed by atoms with van der Waals surface area (Å²) in [5, 5.41) is 2.98. The average Bonchev–Trinajstić information content (AvgIpc) is 2.60. The molecule has 24 heavy (non-hydrogen) atoms. The molecule has 0 aliphatic heterocycles. The van der Waals surface area contributed by atoms with Gasteiger partial charge in [-0.1, -0.05) is 24.8 Å². The molecule has 0 aromatic heterocycles. The van der Waals surface area contributed by atoms with Gasteiger partial charge in [0, 0.05) is 18.2 Å². The van der Waals surface area contributed by atoms with Gasteiger partial charge in [-0.2, -0.15) is 0 Å². The molecule has 1 saturated carbocycles. The fraction of sp³-hybridized carbons (Fsp3) is 0.421. The summed E-state index contributed by atoms with van der Waals surface area (Å²) in [4.78, 5) is 12.1. The Hall–Kier alpha value is -2.45. The molecule has 0 saturated heterocycles. The number of rotatable bonds is 6. The molecule has 1 aromatic carbocycles. The van der Waals surface area contributed by atoms with E-state index in [0.29, 0.717) is 11.5 Å². The van der Waals surface area contributed by atoms with Gasteiger partial charge in [-0.25, -0.2) is 0 Å². The Morgan fingerprint density at radius 2 is 2.21 bits per heavy atom. The second kappa shape index (κ2) is 8.99. The maximum absolute atomic E-state index is 12.1. The molecule has 0 bridgehead atoms. The molecule has 5 nitrogen and oxygen atoms in total. The molecule has 0 unspecified atom stereocenters. The van der Waals surface area contributed by atoms with Crippen molar-refractivity contribution in [2.75, 3.05) is 13.7 Å². The molecule has 0 heterocycles. The Kier molecular flexibility index (Phi) is 6.71. The van der Waals surface area contributed by atoms with Crippen molar-refractivity contribution in [2.24, 2.45) is 5.73 Å². The second-order valence-electron chi connectivity index (χ2n) is 5.80. The molecule has 128 valence electrons. The standard InChI is InChI=1S/C19H24N2O3/c1-3-12-24-17-10-8-14(13-18(17)23-2)9-11-19(22)21-16-7-5-4-6-15(16)20/h1,8-11,13,15-16H,4-7,12,20H2,2H3,(H,21,22)/b11-9+/t15-,16-/m0/s1. The minimum atomic E-state index is -0.135. The Morgan fingerprint density at radius 1 is 1.42 bits per heavy atom. The maximum Gasteiger partial charge on any atom is 0.244 e. The number of methoxy groups -OCH3 is 1. The largest absolute Gasteiger partial charge is 0.493 e. The quantitative estimate of drug-likeness (QED) is 0.619. The van der Waals surface area contributed by atoms with Crippen molar-refractivity contribution in [1.29, 1.82) is 0 Å². The third-order valence-electron chi connectivity index (χ3n) is 4.07. The average molecular weight is 328 g/mol. The molecule has 1 amide bonds. The summed E-state index contributed by atoms with van der Waals surface area (Å²) in [6.07, 6.45) is 12.6. The second-order valence-corrected chi connectivity index (χ2v) is 5.80. The molecule has 2 atom stereocenters. The monoisotopic (exact) mass is 328 g/mol. The van der Waals surface area contributed by atoms with Gasteiger partial charge in [0.25, 0.3) is 0 Å². The third-order valence-corrected chi connectivity index (χ3v) is 4.07. The summed E-state index contributed by atoms with van der Waals surface area (Å²) in [5.74, 6) is 3.42. The number of nitrogens with one attached hydrogen (secondary N) is 1. The highest BCUT2D eigenvalue weighted by Gasteiger charge is 2.22. The fourth-order valence-electron chi connectivity index (χ4n) is 2.77. The van der Waals surface area contributed by atoms with E-state index in [9.17, 15) is 4.79 Å². The molecule has 0 spiro atoms. The topological polar surface area (TPSA) is 73.6 Å². The number of nitrogens with two attached hydrogens (primary N) is 1. The number of ether oxygens (including phenoxy) is 2. The summed E-state index contributed by atoms with van der Waals surface area (Å²) < 4.78 is 10.7. The van der Waals surface area contributed by atoms with E-state index in [-0.39, 0.29) is 24.6 Å². The molecule has 2 rings (SSSR count). The van der Waals surface area contributed by atoms with Crippen LogP contribution in [0.5, 0.6) is 11.5 Å². The highest BCUT2D eigenvalue weighted by atomic mass is 16.5. The summed E-state index contributed by atoms with van der Waals surface area (Å²) >= 11 is 0. The first-order valence-electron chi connectivity index (χ1n) is 8.12. The van der Waals surface area contributed by atoms with Crippen molar-refractivity contribution in [2.45, 2.75) is 37.8 Å². The first-order valence-corrected chi connectivity index (χ1v) is 8.12. The van der Waals surface area contributed by atoms with Crippen molar-refractivity contribution >= 4 is 12.0 Å². The van der Waals surface area contributed by atoms with Crippen LogP contribution in [0, 0.1) is 12.3 Å². The van der Waals surface area contributed by atoms with Crippen LogP contribution in [0.1, 0.15) is 31.2 Å². The van der Waals surface area contributed by atoms with Gasteiger partial charge in [-0.15, -0.1) is 6.42 Å². The van der Waals surface area contributed by atoms with Crippen LogP contribution in [0.3, 0.4) is 0 Å². The van der Waals surface area contributed by atoms with Gasteiger partial charge in [0.2, 0.25) is 5.91 Å². The van der Waals surface area contributed by atoms with Crippen LogP contribution in [0.25, 0.3) is 6.08 Å². The van der Waals surface area contributed by atoms with Crippen molar-refractivity contribution in [3.05, 3.63) is 29.8 Å². The van der Waals surface area contributed by atoms with E-state index in [0.717, 1.165) is 31.2 Å². The number of hydrogen-bond donors (Lipinski definition) is 2. The third kappa shape index (κ3) is 5.04. The van der Waals surface area contributed by atoms with E-state index in [2.05, 4.69) is 11.2 Å². The van der Waals surface area contributed by atoms with Crippen molar-refractivity contribution in [3.63, 3.8) is 0 Å². The Balaban J connectivity index is 1.97. The van der Waals surface area contributed by atoms with Gasteiger partial charge in [0.15, 0.2) is 11.5 Å². The fourth-order valence-corrected chi connectivity index (χ4v) is 2.77. The molecule has 3 N–H and O–H groups in total. The lowest BCUT2D eigenvalue weighted by Crippen LogP contribution is -2.48. The molecular weight excluding hydrogens is 304 g/mol. The normalized spacial score (nSPS) is 20.4. The van der Waals surface area contributed by atoms with Crippen LogP contribution in [0.15, 0.2) is 24.3 Å². The van der Waals surface area contributed by atoms with Gasteiger partial charge in [0.05, 0.1) is 7.11 Å². The van der Waals surface area contributed by atoms with Gasteiger partial charge < -0.3 is 20.5 Å². The molecule has 1 aliphatic carbocycles. The highest BCUT2D eigenvalue weighted by Crippen LogP contribution is 2.28. The van der Waals surface area contributed by atoms with Crippen LogP contribution in [-0.4, -0.2) is 31.7 Å². The lowest BCUT2D eigenvalue weighted by atomic mass is 9.91. The van der Waals surface area contributed by atoms with Crippen LogP contribution in [-0.2, 0) is 4.79 Å². The van der Waals surface area contributed by atoms with Gasteiger partial charge >= 0.3 is 0 Å². The Bertz CT molecular complexity index is 634. The van der Waals surface area contributed by atoms with Crippen molar-refractivity contribution in [1.82, 2.24) is 5.32 Å². The lowest BCUT2D eigenvalue weighted by molar-refractivity contribution is -0.117. The van der Waals surface area contributed by atoms with Gasteiger partial charge in [-0.05, 0) is 36.6 Å². The number of hydrogen-bond acceptors (Lipinski definition) is 4. The summed E-state index contributed by atoms with van der Waals surface area (Å²) in [6.45, 7) is 0.176. The van der Waals surface area contributed by atoms with Crippen molar-refractivity contribution in [3.8, 4) is 23.8 Å². The zero-order valence-corrected chi connectivity index (χ0v) is 14.0. The van der Waals surface area contributed by atoms with E-state index in [1.807, 2.05) is 6.07 Å². The molecule has 1 aromatic rings. The highest BCUT2D eigenvalue weighted by molar-refractivity contribution is 5.92. The summed E-state index contributed by atoms with van der Waals surface area (Å²) in [6, 6.07) is 5.51. The predicted molar refractivity (Wildman–Crippen MR) is 94.7 cm³/mol. The van der Waals surface area contributed by atoms with Crippen LogP contribution in [0.2, 0.25) is 0 Å². The molecule has 0 radical (unpaired) electrons. The molecule has 1 fully saturated rings. The molecule has 5 heteroatoms. The first kappa shape index (κ1) is 17.9. The smallest absolute Gasteiger partial charge is 0.244 e. The minimum absolute atomic E-state index is 0.0452. The van der Waals surface area contributed by atoms with E-state index in [1.165, 1.54) is 6.08 Å². The van der Waals surface area contributed by atoms with Crippen LogP contribution in [0.4, 0.5) is 0 Å². The van der Waals surface area contributed by atoms with Gasteiger partial charge in [-0.3, -0.25) is 4.79 Å². The summed E-state index contributed by atoms with van der Waals surface area (Å²) in [5.41, 5.74) is 6.88. The van der Waals surface area contributed by atoms with E-state index < -0.39 is 0 Å². The summed E-state index contributed by atoms with van der Waals surface area (Å²) in [7, 11) is 1.56. The SMILES string of the molecule is C#CCOc1ccc(/C=C/C(=O)N[C@H]2CCCC[C@@H]2N)cc1OC. The Morgan fingerprint density at radius 3 is 2.92 bits per heavy atom. The number of terminal acetylenes is 1.